The van der Waals surface area contributed by atoms with Gasteiger partial charge in [0.25, 0.3) is 5.88 Å². The van der Waals surface area contributed by atoms with E-state index in [-0.39, 0.29) is 6.01 Å². The zero-order chi connectivity index (χ0) is 21.3. The molecule has 0 unspecified atom stereocenters. The van der Waals surface area contributed by atoms with Crippen LogP contribution in [0.15, 0.2) is 59.9 Å². The topological polar surface area (TPSA) is 82.0 Å². The van der Waals surface area contributed by atoms with E-state index in [0.29, 0.717) is 32.1 Å². The first kappa shape index (κ1) is 20.7. The van der Waals surface area contributed by atoms with Gasteiger partial charge in [0.15, 0.2) is 0 Å². The fourth-order valence-electron chi connectivity index (χ4n) is 3.14. The highest BCUT2D eigenvalue weighted by Gasteiger charge is 2.16. The van der Waals surface area contributed by atoms with Crippen LogP contribution < -0.4 is 14.5 Å². The molecule has 0 N–H and O–H groups in total. The van der Waals surface area contributed by atoms with Crippen LogP contribution in [0.3, 0.4) is 0 Å². The second kappa shape index (κ2) is 10.5. The van der Waals surface area contributed by atoms with E-state index in [0.717, 1.165) is 35.7 Å². The molecule has 0 amide bonds. The van der Waals surface area contributed by atoms with Gasteiger partial charge in [-0.25, -0.2) is 0 Å². The van der Waals surface area contributed by atoms with Crippen LogP contribution in [0.25, 0.3) is 0 Å². The third-order valence-electron chi connectivity index (χ3n) is 4.71. The van der Waals surface area contributed by atoms with Crippen molar-refractivity contribution in [1.82, 2.24) is 15.0 Å². The van der Waals surface area contributed by atoms with Crippen molar-refractivity contribution in [2.75, 3.05) is 37.8 Å². The zero-order valence-corrected chi connectivity index (χ0v) is 17.5. The lowest BCUT2D eigenvalue weighted by molar-refractivity contribution is 0.122. The van der Waals surface area contributed by atoms with Crippen molar-refractivity contribution >= 4 is 12.0 Å². The standard InChI is InChI=1S/C23H25N5O3/c1-18-5-4-6-19(15-18)17-25-31-22-16-21(28-10-13-29-14-11-28)26-23(27-22)30-12-8-20-7-2-3-9-24-20/h2-7,9,15-17H,8,10-14H2,1H3. The van der Waals surface area contributed by atoms with Gasteiger partial charge in [0.1, 0.15) is 5.82 Å². The Balaban J connectivity index is 1.46. The number of pyridine rings is 1. The number of oxime groups is 1. The van der Waals surface area contributed by atoms with E-state index in [1.807, 2.05) is 49.4 Å². The van der Waals surface area contributed by atoms with Gasteiger partial charge in [-0.2, -0.15) is 9.97 Å². The SMILES string of the molecule is Cc1cccc(C=NOc2cc(N3CCOCC3)nc(OCCc3ccccn3)n2)c1. The molecule has 1 aliphatic heterocycles. The first-order valence-electron chi connectivity index (χ1n) is 10.3. The maximum atomic E-state index is 5.81. The minimum Gasteiger partial charge on any atom is -0.463 e. The summed E-state index contributed by atoms with van der Waals surface area (Å²) in [5, 5.41) is 4.08. The van der Waals surface area contributed by atoms with Gasteiger partial charge in [-0.3, -0.25) is 4.98 Å². The molecule has 0 spiro atoms. The summed E-state index contributed by atoms with van der Waals surface area (Å²) >= 11 is 0. The molecule has 2 aromatic heterocycles. The zero-order valence-electron chi connectivity index (χ0n) is 17.5. The van der Waals surface area contributed by atoms with E-state index in [1.54, 1.807) is 18.5 Å². The lowest BCUT2D eigenvalue weighted by Gasteiger charge is -2.27. The monoisotopic (exact) mass is 419 g/mol. The van der Waals surface area contributed by atoms with Gasteiger partial charge in [0, 0.05) is 37.5 Å². The normalized spacial score (nSPS) is 14.0. The lowest BCUT2D eigenvalue weighted by Crippen LogP contribution is -2.36. The number of benzene rings is 1. The molecule has 4 rings (SSSR count). The van der Waals surface area contributed by atoms with Crippen LogP contribution >= 0.6 is 0 Å². The molecule has 0 bridgehead atoms. The number of aryl methyl sites for hydroxylation is 1. The molecule has 0 saturated carbocycles. The van der Waals surface area contributed by atoms with Crippen LogP contribution in [0.2, 0.25) is 0 Å². The molecule has 1 aromatic carbocycles. The Bertz CT molecular complexity index is 1010. The summed E-state index contributed by atoms with van der Waals surface area (Å²) in [5.74, 6) is 1.06. The maximum absolute atomic E-state index is 5.81. The minimum atomic E-state index is 0.251. The van der Waals surface area contributed by atoms with Crippen molar-refractivity contribution < 1.29 is 14.3 Å². The number of morpholine rings is 1. The van der Waals surface area contributed by atoms with Gasteiger partial charge in [0.2, 0.25) is 0 Å². The Labute approximate surface area is 181 Å². The molecule has 1 fully saturated rings. The van der Waals surface area contributed by atoms with Crippen molar-refractivity contribution in [3.05, 3.63) is 71.5 Å². The summed E-state index contributed by atoms with van der Waals surface area (Å²) in [4.78, 5) is 20.9. The lowest BCUT2D eigenvalue weighted by atomic mass is 10.2. The van der Waals surface area contributed by atoms with E-state index in [4.69, 9.17) is 14.3 Å². The van der Waals surface area contributed by atoms with Crippen LogP contribution in [-0.4, -0.2) is 54.1 Å². The number of hydrogen-bond donors (Lipinski definition) is 0. The summed E-state index contributed by atoms with van der Waals surface area (Å²) in [6.07, 6.45) is 4.09. The molecule has 1 saturated heterocycles. The highest BCUT2D eigenvalue weighted by atomic mass is 16.6. The highest BCUT2D eigenvalue weighted by Crippen LogP contribution is 2.22. The van der Waals surface area contributed by atoms with E-state index in [1.165, 1.54) is 0 Å². The van der Waals surface area contributed by atoms with Crippen LogP contribution in [0.4, 0.5) is 5.82 Å². The Morgan fingerprint density at radius 1 is 1.10 bits per heavy atom. The Morgan fingerprint density at radius 2 is 2.00 bits per heavy atom. The predicted octanol–water partition coefficient (Wildman–Crippen LogP) is 3.05. The molecule has 1 aliphatic rings. The largest absolute Gasteiger partial charge is 0.463 e. The molecule has 0 atom stereocenters. The summed E-state index contributed by atoms with van der Waals surface area (Å²) in [7, 11) is 0. The molecule has 8 heteroatoms. The molecular weight excluding hydrogens is 394 g/mol. The van der Waals surface area contributed by atoms with Crippen LogP contribution in [-0.2, 0) is 11.2 Å². The average molecular weight is 419 g/mol. The van der Waals surface area contributed by atoms with Gasteiger partial charge >= 0.3 is 6.01 Å². The van der Waals surface area contributed by atoms with E-state index in [9.17, 15) is 0 Å². The van der Waals surface area contributed by atoms with Crippen molar-refractivity contribution in [2.45, 2.75) is 13.3 Å². The van der Waals surface area contributed by atoms with Gasteiger partial charge in [-0.1, -0.05) is 41.1 Å². The smallest absolute Gasteiger partial charge is 0.321 e. The van der Waals surface area contributed by atoms with E-state index >= 15 is 0 Å². The summed E-state index contributed by atoms with van der Waals surface area (Å²) < 4.78 is 11.3. The number of anilines is 1. The second-order valence-electron chi connectivity index (χ2n) is 7.11. The Kier molecular flexibility index (Phi) is 7.02. The number of aromatic nitrogens is 3. The first-order valence-corrected chi connectivity index (χ1v) is 10.3. The van der Waals surface area contributed by atoms with Gasteiger partial charge < -0.3 is 19.2 Å². The minimum absolute atomic E-state index is 0.251. The third kappa shape index (κ3) is 6.23. The molecular formula is C23H25N5O3. The summed E-state index contributed by atoms with van der Waals surface area (Å²) in [6.45, 7) is 5.25. The average Bonchev–Trinajstić information content (AvgIpc) is 2.80. The number of nitrogens with zero attached hydrogens (tertiary/aromatic N) is 5. The fourth-order valence-corrected chi connectivity index (χ4v) is 3.14. The fraction of sp³-hybridized carbons (Fsp3) is 0.304. The van der Waals surface area contributed by atoms with Crippen molar-refractivity contribution in [2.24, 2.45) is 5.16 Å². The van der Waals surface area contributed by atoms with Crippen LogP contribution in [0, 0.1) is 6.92 Å². The third-order valence-corrected chi connectivity index (χ3v) is 4.71. The van der Waals surface area contributed by atoms with Gasteiger partial charge in [0.05, 0.1) is 26.0 Å². The Hall–Kier alpha value is -3.52. The van der Waals surface area contributed by atoms with Crippen LogP contribution in [0.1, 0.15) is 16.8 Å². The first-order chi connectivity index (χ1) is 15.3. The number of ether oxygens (including phenoxy) is 2. The van der Waals surface area contributed by atoms with Crippen LogP contribution in [0.5, 0.6) is 11.9 Å². The molecule has 3 heterocycles. The summed E-state index contributed by atoms with van der Waals surface area (Å²) in [6, 6.07) is 15.8. The Morgan fingerprint density at radius 3 is 2.81 bits per heavy atom. The van der Waals surface area contributed by atoms with E-state index < -0.39 is 0 Å². The molecule has 3 aromatic rings. The summed E-state index contributed by atoms with van der Waals surface area (Å²) in [5.41, 5.74) is 3.06. The quantitative estimate of drug-likeness (QED) is 0.410. The number of rotatable bonds is 8. The molecule has 8 nitrogen and oxygen atoms in total. The number of hydrogen-bond acceptors (Lipinski definition) is 8. The van der Waals surface area contributed by atoms with Crippen molar-refractivity contribution in [1.29, 1.82) is 0 Å². The second-order valence-corrected chi connectivity index (χ2v) is 7.11. The van der Waals surface area contributed by atoms with Gasteiger partial charge in [-0.15, -0.1) is 0 Å². The van der Waals surface area contributed by atoms with Crippen molar-refractivity contribution in [3.63, 3.8) is 0 Å². The molecule has 160 valence electrons. The predicted molar refractivity (Wildman–Crippen MR) is 118 cm³/mol. The van der Waals surface area contributed by atoms with Crippen molar-refractivity contribution in [3.8, 4) is 11.9 Å². The molecule has 0 radical (unpaired) electrons. The highest BCUT2D eigenvalue weighted by molar-refractivity contribution is 5.79. The van der Waals surface area contributed by atoms with Gasteiger partial charge in [-0.05, 0) is 24.6 Å². The maximum Gasteiger partial charge on any atom is 0.321 e. The molecule has 0 aliphatic carbocycles. The molecule has 31 heavy (non-hydrogen) atoms. The van der Waals surface area contributed by atoms with E-state index in [2.05, 4.69) is 25.0 Å².